The lowest BCUT2D eigenvalue weighted by Crippen LogP contribution is -2.37. The molecule has 3 rings (SSSR count). The molecular weight excluding hydrogens is 240 g/mol. The van der Waals surface area contributed by atoms with Crippen LogP contribution in [0.5, 0.6) is 0 Å². The molecule has 1 fully saturated rings. The highest BCUT2D eigenvalue weighted by atomic mass is 15.2. The first-order valence-corrected chi connectivity index (χ1v) is 6.87. The summed E-state index contributed by atoms with van der Waals surface area (Å²) in [5.74, 6) is 1.44. The van der Waals surface area contributed by atoms with Gasteiger partial charge in [-0.3, -0.25) is 0 Å². The van der Waals surface area contributed by atoms with Crippen molar-refractivity contribution in [1.82, 2.24) is 19.9 Å². The van der Waals surface area contributed by atoms with Crippen LogP contribution < -0.4 is 10.6 Å². The molecule has 0 unspecified atom stereocenters. The van der Waals surface area contributed by atoms with Gasteiger partial charge in [-0.05, 0) is 19.8 Å². The fraction of sp³-hybridized carbons (Fsp3) is 0.615. The molecule has 0 amide bonds. The van der Waals surface area contributed by atoms with E-state index in [-0.39, 0.29) is 5.54 Å². The zero-order valence-corrected chi connectivity index (χ0v) is 11.5. The molecule has 0 bridgehead atoms. The van der Waals surface area contributed by atoms with Crippen LogP contribution in [-0.4, -0.2) is 32.5 Å². The summed E-state index contributed by atoms with van der Waals surface area (Å²) in [4.78, 5) is 16.2. The van der Waals surface area contributed by atoms with Gasteiger partial charge in [0.2, 0.25) is 5.95 Å². The van der Waals surface area contributed by atoms with E-state index in [1.54, 1.807) is 6.33 Å². The van der Waals surface area contributed by atoms with Gasteiger partial charge >= 0.3 is 0 Å². The maximum atomic E-state index is 4.53. The van der Waals surface area contributed by atoms with Gasteiger partial charge in [0.25, 0.3) is 0 Å². The number of nitrogens with zero attached hydrogens (tertiary/aromatic N) is 3. The summed E-state index contributed by atoms with van der Waals surface area (Å²) in [5.41, 5.74) is 1.70. The van der Waals surface area contributed by atoms with E-state index >= 15 is 0 Å². The molecule has 2 heterocycles. The Morgan fingerprint density at radius 1 is 1.21 bits per heavy atom. The van der Waals surface area contributed by atoms with E-state index in [2.05, 4.69) is 37.5 Å². The number of hydrogen-bond donors (Lipinski definition) is 3. The number of imidazole rings is 1. The molecule has 0 saturated heterocycles. The normalized spacial score (nSPS) is 18.4. The van der Waals surface area contributed by atoms with Crippen molar-refractivity contribution in [2.24, 2.45) is 0 Å². The molecule has 6 heteroatoms. The van der Waals surface area contributed by atoms with E-state index in [0.29, 0.717) is 11.6 Å². The largest absolute Gasteiger partial charge is 0.363 e. The number of nitrogens with one attached hydrogen (secondary N) is 3. The molecule has 0 spiro atoms. The van der Waals surface area contributed by atoms with Gasteiger partial charge in [-0.2, -0.15) is 9.97 Å². The number of H-pyrrole nitrogens is 1. The summed E-state index contributed by atoms with van der Waals surface area (Å²) < 4.78 is 0. The van der Waals surface area contributed by atoms with Gasteiger partial charge in [0, 0.05) is 12.6 Å². The van der Waals surface area contributed by atoms with Crippen molar-refractivity contribution in [3.63, 3.8) is 0 Å². The summed E-state index contributed by atoms with van der Waals surface area (Å²) in [5, 5.41) is 6.58. The average molecular weight is 260 g/mol. The predicted octanol–water partition coefficient (Wildman–Crippen LogP) is 2.53. The van der Waals surface area contributed by atoms with E-state index < -0.39 is 0 Å². The zero-order valence-electron chi connectivity index (χ0n) is 11.5. The molecule has 0 atom stereocenters. The predicted molar refractivity (Wildman–Crippen MR) is 76.3 cm³/mol. The molecule has 2 aromatic rings. The number of fused-ring (bicyclic) bond motifs is 1. The fourth-order valence-electron chi connectivity index (χ4n) is 2.78. The second-order valence-electron chi connectivity index (χ2n) is 5.49. The summed E-state index contributed by atoms with van der Waals surface area (Å²) >= 11 is 0. The van der Waals surface area contributed by atoms with Crippen LogP contribution in [-0.2, 0) is 0 Å². The maximum Gasteiger partial charge on any atom is 0.226 e. The molecule has 1 aliphatic carbocycles. The Hall–Kier alpha value is -1.85. The minimum Gasteiger partial charge on any atom is -0.363 e. The molecular formula is C13H20N6. The Morgan fingerprint density at radius 2 is 2.00 bits per heavy atom. The van der Waals surface area contributed by atoms with Gasteiger partial charge in [-0.1, -0.05) is 19.3 Å². The number of aromatic amines is 1. The van der Waals surface area contributed by atoms with Crippen LogP contribution >= 0.6 is 0 Å². The van der Waals surface area contributed by atoms with Gasteiger partial charge in [0.15, 0.2) is 11.5 Å². The number of hydrogen-bond acceptors (Lipinski definition) is 5. The molecule has 0 aromatic carbocycles. The Morgan fingerprint density at radius 3 is 2.74 bits per heavy atom. The maximum absolute atomic E-state index is 4.53. The molecule has 0 aliphatic heterocycles. The Balaban J connectivity index is 1.96. The van der Waals surface area contributed by atoms with E-state index in [1.807, 2.05) is 7.05 Å². The number of rotatable bonds is 3. The lowest BCUT2D eigenvalue weighted by Gasteiger charge is -2.35. The lowest BCUT2D eigenvalue weighted by atomic mass is 9.83. The summed E-state index contributed by atoms with van der Waals surface area (Å²) in [6.45, 7) is 2.27. The monoisotopic (exact) mass is 260 g/mol. The first kappa shape index (κ1) is 12.2. The van der Waals surface area contributed by atoms with Crippen LogP contribution in [0.15, 0.2) is 6.33 Å². The van der Waals surface area contributed by atoms with Crippen LogP contribution in [0.3, 0.4) is 0 Å². The Kier molecular flexibility index (Phi) is 3.00. The first-order valence-electron chi connectivity index (χ1n) is 6.87. The van der Waals surface area contributed by atoms with Gasteiger partial charge in [-0.25, -0.2) is 4.98 Å². The smallest absolute Gasteiger partial charge is 0.226 e. The molecule has 1 saturated carbocycles. The molecule has 2 aromatic heterocycles. The van der Waals surface area contributed by atoms with E-state index in [9.17, 15) is 0 Å². The third-order valence-corrected chi connectivity index (χ3v) is 3.89. The van der Waals surface area contributed by atoms with E-state index in [4.69, 9.17) is 0 Å². The summed E-state index contributed by atoms with van der Waals surface area (Å²) in [6, 6.07) is 0. The second-order valence-corrected chi connectivity index (χ2v) is 5.49. The van der Waals surface area contributed by atoms with Crippen molar-refractivity contribution in [3.8, 4) is 0 Å². The van der Waals surface area contributed by atoms with E-state index in [0.717, 1.165) is 11.3 Å². The highest BCUT2D eigenvalue weighted by molar-refractivity contribution is 5.84. The van der Waals surface area contributed by atoms with Crippen molar-refractivity contribution < 1.29 is 0 Å². The Bertz CT molecular complexity index is 570. The van der Waals surface area contributed by atoms with Crippen LogP contribution in [0.1, 0.15) is 39.0 Å². The summed E-state index contributed by atoms with van der Waals surface area (Å²) in [6.07, 6.45) is 7.91. The first-order chi connectivity index (χ1) is 9.20. The van der Waals surface area contributed by atoms with Crippen LogP contribution in [0.4, 0.5) is 11.8 Å². The third-order valence-electron chi connectivity index (χ3n) is 3.89. The number of anilines is 2. The highest BCUT2D eigenvalue weighted by Crippen LogP contribution is 2.32. The van der Waals surface area contributed by atoms with Crippen molar-refractivity contribution in [2.45, 2.75) is 44.6 Å². The molecule has 6 nitrogen and oxygen atoms in total. The van der Waals surface area contributed by atoms with Crippen LogP contribution in [0.2, 0.25) is 0 Å². The fourth-order valence-corrected chi connectivity index (χ4v) is 2.78. The van der Waals surface area contributed by atoms with Crippen molar-refractivity contribution in [3.05, 3.63) is 6.33 Å². The molecule has 102 valence electrons. The standard InChI is InChI=1S/C13H20N6/c1-13(6-4-3-5-7-13)19-11-9-10(16-8-15-9)17-12(14-2)18-11/h8H,3-7H2,1-2H3,(H3,14,15,16,17,18,19). The molecule has 0 radical (unpaired) electrons. The van der Waals surface area contributed by atoms with Gasteiger partial charge < -0.3 is 15.6 Å². The molecule has 3 N–H and O–H groups in total. The van der Waals surface area contributed by atoms with Crippen molar-refractivity contribution in [2.75, 3.05) is 17.7 Å². The van der Waals surface area contributed by atoms with Crippen LogP contribution in [0, 0.1) is 0 Å². The van der Waals surface area contributed by atoms with Gasteiger partial charge in [0.05, 0.1) is 6.33 Å². The SMILES string of the molecule is CNc1nc(NC2(C)CCCCC2)c2[nH]cnc2n1. The average Bonchev–Trinajstić information content (AvgIpc) is 2.87. The topological polar surface area (TPSA) is 78.5 Å². The van der Waals surface area contributed by atoms with Crippen LogP contribution in [0.25, 0.3) is 11.2 Å². The quantitative estimate of drug-likeness (QED) is 0.790. The van der Waals surface area contributed by atoms with Gasteiger partial charge in [0.1, 0.15) is 5.52 Å². The minimum absolute atomic E-state index is 0.121. The highest BCUT2D eigenvalue weighted by Gasteiger charge is 2.28. The lowest BCUT2D eigenvalue weighted by molar-refractivity contribution is 0.349. The second kappa shape index (κ2) is 4.68. The zero-order chi connectivity index (χ0) is 13.3. The minimum atomic E-state index is 0.121. The molecule has 19 heavy (non-hydrogen) atoms. The summed E-state index contributed by atoms with van der Waals surface area (Å²) in [7, 11) is 1.82. The number of aromatic nitrogens is 4. The van der Waals surface area contributed by atoms with Gasteiger partial charge in [-0.15, -0.1) is 0 Å². The van der Waals surface area contributed by atoms with Crippen molar-refractivity contribution in [1.29, 1.82) is 0 Å². The Labute approximate surface area is 112 Å². The molecule has 1 aliphatic rings. The van der Waals surface area contributed by atoms with Crippen molar-refractivity contribution >= 4 is 22.9 Å². The van der Waals surface area contributed by atoms with E-state index in [1.165, 1.54) is 32.1 Å². The third kappa shape index (κ3) is 2.34.